The first-order chi connectivity index (χ1) is 13.6. The third-order valence-corrected chi connectivity index (χ3v) is 6.38. The van der Waals surface area contributed by atoms with Crippen LogP contribution in [-0.4, -0.2) is 46.0 Å². The number of fused-ring (bicyclic) bond motifs is 1. The first-order valence-electron chi connectivity index (χ1n) is 9.70. The molecular weight excluding hydrogens is 372 g/mol. The number of rotatable bonds is 5. The summed E-state index contributed by atoms with van der Waals surface area (Å²) in [6.45, 7) is 5.22. The van der Waals surface area contributed by atoms with Gasteiger partial charge in [-0.1, -0.05) is 37.3 Å². The highest BCUT2D eigenvalue weighted by Crippen LogP contribution is 2.30. The molecule has 0 spiro atoms. The summed E-state index contributed by atoms with van der Waals surface area (Å²) in [4.78, 5) is 33.8. The molecule has 0 unspecified atom stereocenters. The molecule has 3 aromatic rings. The maximum absolute atomic E-state index is 12.8. The topological polar surface area (TPSA) is 67.2 Å². The number of likely N-dealkylation sites (tertiary alicyclic amines) is 1. The summed E-state index contributed by atoms with van der Waals surface area (Å²) >= 11 is 1.49. The van der Waals surface area contributed by atoms with Crippen molar-refractivity contribution in [2.75, 3.05) is 19.6 Å². The van der Waals surface area contributed by atoms with Crippen molar-refractivity contribution in [3.8, 4) is 10.4 Å². The van der Waals surface area contributed by atoms with E-state index in [1.54, 1.807) is 0 Å². The third kappa shape index (κ3) is 4.00. The van der Waals surface area contributed by atoms with Gasteiger partial charge in [0.05, 0.1) is 11.7 Å². The number of nitrogens with one attached hydrogen (secondary N) is 1. The van der Waals surface area contributed by atoms with Gasteiger partial charge >= 0.3 is 0 Å². The molecule has 1 amide bonds. The molecule has 1 saturated heterocycles. The molecule has 0 aliphatic carbocycles. The van der Waals surface area contributed by atoms with Gasteiger partial charge in [-0.2, -0.15) is 0 Å². The Labute approximate surface area is 167 Å². The second-order valence-electron chi connectivity index (χ2n) is 7.15. The van der Waals surface area contributed by atoms with Gasteiger partial charge in [-0.3, -0.25) is 14.2 Å². The second-order valence-corrected chi connectivity index (χ2v) is 8.18. The van der Waals surface area contributed by atoms with Gasteiger partial charge in [0.1, 0.15) is 11.4 Å². The van der Waals surface area contributed by atoms with Gasteiger partial charge < -0.3 is 10.2 Å². The van der Waals surface area contributed by atoms with Crippen LogP contribution in [0.1, 0.15) is 19.8 Å². The van der Waals surface area contributed by atoms with Gasteiger partial charge in [0.25, 0.3) is 5.56 Å². The van der Waals surface area contributed by atoms with Crippen molar-refractivity contribution in [1.82, 2.24) is 19.8 Å². The van der Waals surface area contributed by atoms with Crippen LogP contribution in [0.3, 0.4) is 0 Å². The predicted molar refractivity (Wildman–Crippen MR) is 113 cm³/mol. The lowest BCUT2D eigenvalue weighted by molar-refractivity contribution is -0.122. The Morgan fingerprint density at radius 3 is 2.71 bits per heavy atom. The zero-order valence-corrected chi connectivity index (χ0v) is 16.7. The molecule has 0 bridgehead atoms. The van der Waals surface area contributed by atoms with Crippen LogP contribution >= 0.6 is 11.3 Å². The molecule has 0 saturated carbocycles. The first kappa shape index (κ1) is 18.8. The molecule has 7 heteroatoms. The number of hydrogen-bond acceptors (Lipinski definition) is 5. The van der Waals surface area contributed by atoms with Gasteiger partial charge in [-0.25, -0.2) is 4.98 Å². The molecule has 2 aromatic heterocycles. The zero-order valence-electron chi connectivity index (χ0n) is 15.9. The van der Waals surface area contributed by atoms with Gasteiger partial charge in [-0.05, 0) is 31.0 Å². The molecule has 1 N–H and O–H groups in total. The predicted octanol–water partition coefficient (Wildman–Crippen LogP) is 2.73. The molecule has 146 valence electrons. The van der Waals surface area contributed by atoms with Crippen LogP contribution in [0.5, 0.6) is 0 Å². The van der Waals surface area contributed by atoms with Crippen molar-refractivity contribution in [3.63, 3.8) is 0 Å². The van der Waals surface area contributed by atoms with Gasteiger partial charge in [-0.15, -0.1) is 11.3 Å². The molecule has 0 radical (unpaired) electrons. The minimum absolute atomic E-state index is 0.00623. The van der Waals surface area contributed by atoms with E-state index in [1.165, 1.54) is 22.2 Å². The van der Waals surface area contributed by atoms with Crippen LogP contribution in [0.25, 0.3) is 20.7 Å². The normalized spacial score (nSPS) is 15.8. The summed E-state index contributed by atoms with van der Waals surface area (Å²) < 4.78 is 1.40. The zero-order chi connectivity index (χ0) is 19.5. The van der Waals surface area contributed by atoms with Crippen molar-refractivity contribution in [2.24, 2.45) is 0 Å². The van der Waals surface area contributed by atoms with E-state index in [9.17, 15) is 9.59 Å². The quantitative estimate of drug-likeness (QED) is 0.720. The fraction of sp³-hybridized carbons (Fsp3) is 0.381. The molecular formula is C21H24N4O2S. The number of thiophene rings is 1. The van der Waals surface area contributed by atoms with E-state index in [4.69, 9.17) is 0 Å². The Bertz CT molecular complexity index is 1020. The molecule has 1 aliphatic heterocycles. The largest absolute Gasteiger partial charge is 0.352 e. The monoisotopic (exact) mass is 396 g/mol. The number of nitrogens with zero attached hydrogens (tertiary/aromatic N) is 3. The summed E-state index contributed by atoms with van der Waals surface area (Å²) in [6.07, 6.45) is 3.39. The van der Waals surface area contributed by atoms with Crippen LogP contribution in [0.2, 0.25) is 0 Å². The van der Waals surface area contributed by atoms with E-state index in [0.717, 1.165) is 42.9 Å². The molecule has 1 fully saturated rings. The number of hydrogen-bond donors (Lipinski definition) is 1. The summed E-state index contributed by atoms with van der Waals surface area (Å²) in [7, 11) is 0. The van der Waals surface area contributed by atoms with E-state index in [2.05, 4.69) is 22.1 Å². The van der Waals surface area contributed by atoms with E-state index in [1.807, 2.05) is 36.4 Å². The number of aromatic nitrogens is 2. The maximum atomic E-state index is 12.8. The van der Waals surface area contributed by atoms with Crippen molar-refractivity contribution in [2.45, 2.75) is 32.4 Å². The lowest BCUT2D eigenvalue weighted by atomic mass is 10.1. The van der Waals surface area contributed by atoms with E-state index in [-0.39, 0.29) is 24.1 Å². The molecule has 3 heterocycles. The van der Waals surface area contributed by atoms with Crippen LogP contribution in [0, 0.1) is 0 Å². The SMILES string of the molecule is CCN1CCC(NC(=O)Cn2cnc3sc(-c4ccccc4)cc3c2=O)CC1. The third-order valence-electron chi connectivity index (χ3n) is 5.29. The van der Waals surface area contributed by atoms with Crippen molar-refractivity contribution >= 4 is 27.5 Å². The number of carbonyl (C=O) groups is 1. The van der Waals surface area contributed by atoms with E-state index in [0.29, 0.717) is 10.2 Å². The Balaban J connectivity index is 1.48. The maximum Gasteiger partial charge on any atom is 0.262 e. The Kier molecular flexibility index (Phi) is 5.54. The minimum atomic E-state index is -0.167. The van der Waals surface area contributed by atoms with Crippen molar-refractivity contribution in [1.29, 1.82) is 0 Å². The lowest BCUT2D eigenvalue weighted by Gasteiger charge is -2.31. The van der Waals surface area contributed by atoms with Gasteiger partial charge in [0, 0.05) is 24.0 Å². The second kappa shape index (κ2) is 8.24. The van der Waals surface area contributed by atoms with Crippen LogP contribution in [0.15, 0.2) is 47.5 Å². The Hall–Kier alpha value is -2.51. The average Bonchev–Trinajstić information content (AvgIpc) is 3.17. The minimum Gasteiger partial charge on any atom is -0.352 e. The molecule has 0 atom stereocenters. The highest BCUT2D eigenvalue weighted by atomic mass is 32.1. The molecule has 1 aromatic carbocycles. The van der Waals surface area contributed by atoms with Crippen LogP contribution < -0.4 is 10.9 Å². The van der Waals surface area contributed by atoms with E-state index >= 15 is 0 Å². The van der Waals surface area contributed by atoms with Gasteiger partial charge in [0.15, 0.2) is 0 Å². The Morgan fingerprint density at radius 2 is 2.00 bits per heavy atom. The standard InChI is InChI=1S/C21H24N4O2S/c1-2-24-10-8-16(9-11-24)23-19(26)13-25-14-22-20-17(21(25)27)12-18(28-20)15-6-4-3-5-7-15/h3-7,12,14,16H,2,8-11,13H2,1H3,(H,23,26). The smallest absolute Gasteiger partial charge is 0.262 e. The van der Waals surface area contributed by atoms with Gasteiger partial charge in [0.2, 0.25) is 5.91 Å². The Morgan fingerprint density at radius 1 is 1.25 bits per heavy atom. The number of benzene rings is 1. The highest BCUT2D eigenvalue weighted by molar-refractivity contribution is 7.21. The average molecular weight is 397 g/mol. The van der Waals surface area contributed by atoms with Crippen molar-refractivity contribution in [3.05, 3.63) is 53.1 Å². The summed E-state index contributed by atoms with van der Waals surface area (Å²) in [5, 5.41) is 3.63. The number of piperidine rings is 1. The fourth-order valence-electron chi connectivity index (χ4n) is 3.64. The molecule has 4 rings (SSSR count). The van der Waals surface area contributed by atoms with E-state index < -0.39 is 0 Å². The lowest BCUT2D eigenvalue weighted by Crippen LogP contribution is -2.45. The summed E-state index contributed by atoms with van der Waals surface area (Å²) in [5.41, 5.74) is 0.895. The first-order valence-corrected chi connectivity index (χ1v) is 10.5. The summed E-state index contributed by atoms with van der Waals surface area (Å²) in [5.74, 6) is -0.128. The number of carbonyl (C=O) groups excluding carboxylic acids is 1. The highest BCUT2D eigenvalue weighted by Gasteiger charge is 2.20. The number of amides is 1. The van der Waals surface area contributed by atoms with Crippen molar-refractivity contribution < 1.29 is 4.79 Å². The molecule has 28 heavy (non-hydrogen) atoms. The van der Waals surface area contributed by atoms with Crippen LogP contribution in [-0.2, 0) is 11.3 Å². The molecule has 1 aliphatic rings. The molecule has 6 nitrogen and oxygen atoms in total. The van der Waals surface area contributed by atoms with Crippen LogP contribution in [0.4, 0.5) is 0 Å². The fourth-order valence-corrected chi connectivity index (χ4v) is 4.63. The summed E-state index contributed by atoms with van der Waals surface area (Å²) in [6, 6.07) is 12.0.